The molecule has 0 radical (unpaired) electrons. The highest BCUT2D eigenvalue weighted by Gasteiger charge is 2.13. The molecule has 0 aliphatic carbocycles. The van der Waals surface area contributed by atoms with Crippen LogP contribution in [0.2, 0.25) is 5.02 Å². The second-order valence-electron chi connectivity index (χ2n) is 4.33. The molecule has 0 atom stereocenters. The van der Waals surface area contributed by atoms with Crippen LogP contribution in [0.25, 0.3) is 0 Å². The SMILES string of the molecule is CC/C(=N\NS(=O)(=O)c1ccc(Cl)cc1)c1ccccc1. The van der Waals surface area contributed by atoms with E-state index < -0.39 is 10.0 Å². The average molecular weight is 323 g/mol. The van der Waals surface area contributed by atoms with Crippen LogP contribution >= 0.6 is 11.6 Å². The van der Waals surface area contributed by atoms with E-state index in [2.05, 4.69) is 9.93 Å². The van der Waals surface area contributed by atoms with Crippen LogP contribution in [-0.4, -0.2) is 14.1 Å². The molecule has 2 aromatic carbocycles. The smallest absolute Gasteiger partial charge is 0.200 e. The maximum atomic E-state index is 12.1. The van der Waals surface area contributed by atoms with Crippen molar-refractivity contribution in [2.45, 2.75) is 18.2 Å². The Kier molecular flexibility index (Phi) is 4.98. The van der Waals surface area contributed by atoms with Crippen molar-refractivity contribution < 1.29 is 8.42 Å². The van der Waals surface area contributed by atoms with Gasteiger partial charge in [0.05, 0.1) is 10.6 Å². The fourth-order valence-electron chi connectivity index (χ4n) is 1.76. The van der Waals surface area contributed by atoms with Crippen molar-refractivity contribution in [2.24, 2.45) is 5.10 Å². The molecule has 6 heteroatoms. The number of hydrazone groups is 1. The van der Waals surface area contributed by atoms with Crippen LogP contribution in [0.1, 0.15) is 18.9 Å². The number of sulfonamides is 1. The van der Waals surface area contributed by atoms with Crippen molar-refractivity contribution in [1.82, 2.24) is 4.83 Å². The molecule has 2 aromatic rings. The van der Waals surface area contributed by atoms with E-state index in [9.17, 15) is 8.42 Å². The van der Waals surface area contributed by atoms with E-state index in [-0.39, 0.29) is 4.90 Å². The third-order valence-electron chi connectivity index (χ3n) is 2.87. The van der Waals surface area contributed by atoms with E-state index in [1.54, 1.807) is 0 Å². The van der Waals surface area contributed by atoms with Crippen molar-refractivity contribution in [3.63, 3.8) is 0 Å². The predicted octanol–water partition coefficient (Wildman–Crippen LogP) is 3.43. The fraction of sp³-hybridized carbons (Fsp3) is 0.133. The standard InChI is InChI=1S/C15H15ClN2O2S/c1-2-15(12-6-4-3-5-7-12)17-18-21(19,20)14-10-8-13(16)9-11-14/h3-11,18H,2H2,1H3/b17-15+. The minimum absolute atomic E-state index is 0.124. The van der Waals surface area contributed by atoms with E-state index in [1.807, 2.05) is 37.3 Å². The third kappa shape index (κ3) is 4.06. The van der Waals surface area contributed by atoms with Crippen LogP contribution in [0.3, 0.4) is 0 Å². The van der Waals surface area contributed by atoms with Gasteiger partial charge in [-0.15, -0.1) is 0 Å². The van der Waals surface area contributed by atoms with Crippen molar-refractivity contribution in [2.75, 3.05) is 0 Å². The summed E-state index contributed by atoms with van der Waals surface area (Å²) in [4.78, 5) is 2.39. The Morgan fingerprint density at radius 3 is 2.29 bits per heavy atom. The second-order valence-corrected chi connectivity index (χ2v) is 6.42. The first-order valence-electron chi connectivity index (χ1n) is 6.42. The average Bonchev–Trinajstić information content (AvgIpc) is 2.49. The maximum absolute atomic E-state index is 12.1. The van der Waals surface area contributed by atoms with Gasteiger partial charge in [0.15, 0.2) is 0 Å². The normalized spacial score (nSPS) is 12.2. The summed E-state index contributed by atoms with van der Waals surface area (Å²) in [6.45, 7) is 1.92. The van der Waals surface area contributed by atoms with Gasteiger partial charge in [-0.05, 0) is 36.2 Å². The predicted molar refractivity (Wildman–Crippen MR) is 85.0 cm³/mol. The molecule has 2 rings (SSSR count). The topological polar surface area (TPSA) is 58.5 Å². The molecule has 0 aliphatic rings. The molecule has 0 fully saturated rings. The van der Waals surface area contributed by atoms with Gasteiger partial charge in [-0.25, -0.2) is 0 Å². The number of nitrogens with one attached hydrogen (secondary N) is 1. The maximum Gasteiger partial charge on any atom is 0.276 e. The highest BCUT2D eigenvalue weighted by Crippen LogP contribution is 2.14. The second kappa shape index (κ2) is 6.74. The van der Waals surface area contributed by atoms with Crippen molar-refractivity contribution in [1.29, 1.82) is 0 Å². The highest BCUT2D eigenvalue weighted by atomic mass is 35.5. The molecular weight excluding hydrogens is 308 g/mol. The van der Waals surface area contributed by atoms with Gasteiger partial charge in [0, 0.05) is 5.02 Å². The van der Waals surface area contributed by atoms with E-state index in [1.165, 1.54) is 24.3 Å². The van der Waals surface area contributed by atoms with Crippen molar-refractivity contribution in [3.8, 4) is 0 Å². The van der Waals surface area contributed by atoms with Gasteiger partial charge in [-0.3, -0.25) is 0 Å². The van der Waals surface area contributed by atoms with Gasteiger partial charge in [-0.1, -0.05) is 48.9 Å². The van der Waals surface area contributed by atoms with Crippen LogP contribution in [0, 0.1) is 0 Å². The Morgan fingerprint density at radius 1 is 1.10 bits per heavy atom. The summed E-state index contributed by atoms with van der Waals surface area (Å²) >= 11 is 5.75. The Hall–Kier alpha value is -1.85. The molecule has 0 aliphatic heterocycles. The molecule has 0 amide bonds. The molecule has 0 saturated heterocycles. The largest absolute Gasteiger partial charge is 0.276 e. The summed E-state index contributed by atoms with van der Waals surface area (Å²) in [7, 11) is -3.69. The zero-order valence-electron chi connectivity index (χ0n) is 11.5. The van der Waals surface area contributed by atoms with E-state index >= 15 is 0 Å². The number of hydrogen-bond acceptors (Lipinski definition) is 3. The molecule has 4 nitrogen and oxygen atoms in total. The van der Waals surface area contributed by atoms with Crippen molar-refractivity contribution in [3.05, 3.63) is 65.2 Å². The minimum atomic E-state index is -3.69. The van der Waals surface area contributed by atoms with Crippen LogP contribution in [-0.2, 0) is 10.0 Å². The van der Waals surface area contributed by atoms with Gasteiger partial charge < -0.3 is 0 Å². The number of hydrogen-bond donors (Lipinski definition) is 1. The molecule has 1 N–H and O–H groups in total. The fourth-order valence-corrected chi connectivity index (χ4v) is 2.72. The molecule has 0 heterocycles. The third-order valence-corrected chi connectivity index (χ3v) is 4.34. The van der Waals surface area contributed by atoms with Gasteiger partial charge in [0.25, 0.3) is 10.0 Å². The summed E-state index contributed by atoms with van der Waals surface area (Å²) in [6, 6.07) is 15.4. The highest BCUT2D eigenvalue weighted by molar-refractivity contribution is 7.89. The summed E-state index contributed by atoms with van der Waals surface area (Å²) in [5.74, 6) is 0. The van der Waals surface area contributed by atoms with Gasteiger partial charge in [-0.2, -0.15) is 18.4 Å². The van der Waals surface area contributed by atoms with Crippen LogP contribution in [0.15, 0.2) is 64.6 Å². The molecule has 110 valence electrons. The van der Waals surface area contributed by atoms with E-state index in [0.717, 1.165) is 5.56 Å². The molecule has 0 aromatic heterocycles. The first-order chi connectivity index (χ1) is 10.0. The molecule has 0 spiro atoms. The number of rotatable bonds is 5. The van der Waals surface area contributed by atoms with Gasteiger partial charge >= 0.3 is 0 Å². The quantitative estimate of drug-likeness (QED) is 0.677. The zero-order valence-corrected chi connectivity index (χ0v) is 13.0. The van der Waals surface area contributed by atoms with Gasteiger partial charge in [0.2, 0.25) is 0 Å². The Bertz CT molecular complexity index is 726. The summed E-state index contributed by atoms with van der Waals surface area (Å²) < 4.78 is 24.3. The lowest BCUT2D eigenvalue weighted by Gasteiger charge is -2.07. The van der Waals surface area contributed by atoms with E-state index in [0.29, 0.717) is 17.2 Å². The van der Waals surface area contributed by atoms with E-state index in [4.69, 9.17) is 11.6 Å². The minimum Gasteiger partial charge on any atom is -0.200 e. The number of nitrogens with zero attached hydrogens (tertiary/aromatic N) is 1. The molecule has 0 bridgehead atoms. The number of benzene rings is 2. The van der Waals surface area contributed by atoms with Crippen molar-refractivity contribution >= 4 is 27.3 Å². The zero-order chi connectivity index (χ0) is 15.3. The Balaban J connectivity index is 2.24. The Labute approximate surface area is 129 Å². The molecule has 0 unspecified atom stereocenters. The van der Waals surface area contributed by atoms with Gasteiger partial charge in [0.1, 0.15) is 0 Å². The lowest BCUT2D eigenvalue weighted by molar-refractivity contribution is 0.584. The van der Waals surface area contributed by atoms with Crippen LogP contribution < -0.4 is 4.83 Å². The summed E-state index contributed by atoms with van der Waals surface area (Å²) in [5, 5.41) is 4.51. The number of halogens is 1. The Morgan fingerprint density at radius 2 is 1.71 bits per heavy atom. The van der Waals surface area contributed by atoms with Crippen LogP contribution in [0.4, 0.5) is 0 Å². The molecule has 0 saturated carbocycles. The first kappa shape index (κ1) is 15.5. The summed E-state index contributed by atoms with van der Waals surface area (Å²) in [5.41, 5.74) is 1.56. The lowest BCUT2D eigenvalue weighted by Crippen LogP contribution is -2.20. The summed E-state index contributed by atoms with van der Waals surface area (Å²) in [6.07, 6.45) is 0.618. The first-order valence-corrected chi connectivity index (χ1v) is 8.28. The molecular formula is C15H15ClN2O2S. The monoisotopic (exact) mass is 322 g/mol. The molecule has 21 heavy (non-hydrogen) atoms. The van der Waals surface area contributed by atoms with Crippen LogP contribution in [0.5, 0.6) is 0 Å². The lowest BCUT2D eigenvalue weighted by atomic mass is 10.1.